The van der Waals surface area contributed by atoms with E-state index in [9.17, 15) is 14.9 Å². The normalized spacial score (nSPS) is 14.6. The number of thiazole rings is 1. The summed E-state index contributed by atoms with van der Waals surface area (Å²) in [7, 11) is 1.59. The lowest BCUT2D eigenvalue weighted by Crippen LogP contribution is -2.40. The van der Waals surface area contributed by atoms with E-state index in [1.807, 2.05) is 85.9 Å². The van der Waals surface area contributed by atoms with Gasteiger partial charge >= 0.3 is 5.97 Å². The Bertz CT molecular complexity index is 2160. The summed E-state index contributed by atoms with van der Waals surface area (Å²) >= 11 is 1.32. The molecule has 0 amide bonds. The van der Waals surface area contributed by atoms with E-state index in [1.165, 1.54) is 11.3 Å². The molecule has 0 bridgehead atoms. The highest BCUT2D eigenvalue weighted by Crippen LogP contribution is 2.34. The quantitative estimate of drug-likeness (QED) is 0.205. The molecular weight excluding hydrogens is 584 g/mol. The largest absolute Gasteiger partial charge is 0.497 e. The van der Waals surface area contributed by atoms with E-state index in [4.69, 9.17) is 14.5 Å². The molecular formula is C36H32N4O4S. The molecule has 2 aromatic heterocycles. The van der Waals surface area contributed by atoms with Gasteiger partial charge in [0, 0.05) is 29.2 Å². The van der Waals surface area contributed by atoms with Gasteiger partial charge in [0.1, 0.15) is 5.75 Å². The fraction of sp³-hybridized carbons (Fsp3) is 0.222. The minimum Gasteiger partial charge on any atom is -0.497 e. The topological polar surface area (TPSA) is 98.6 Å². The minimum atomic E-state index is -0.711. The lowest BCUT2D eigenvalue weighted by atomic mass is 9.94. The Balaban J connectivity index is 1.53. The Labute approximate surface area is 264 Å². The third kappa shape index (κ3) is 5.73. The monoisotopic (exact) mass is 616 g/mol. The lowest BCUT2D eigenvalue weighted by Gasteiger charge is -2.26. The van der Waals surface area contributed by atoms with E-state index in [0.717, 1.165) is 34.0 Å². The van der Waals surface area contributed by atoms with Crippen molar-refractivity contribution in [1.29, 1.82) is 5.26 Å². The van der Waals surface area contributed by atoms with E-state index >= 15 is 0 Å². The van der Waals surface area contributed by atoms with Crippen molar-refractivity contribution in [2.24, 2.45) is 4.99 Å². The molecule has 0 aliphatic carbocycles. The van der Waals surface area contributed by atoms with Gasteiger partial charge in [-0.2, -0.15) is 5.26 Å². The molecule has 1 aliphatic heterocycles. The zero-order valence-electron chi connectivity index (χ0n) is 25.3. The number of nitrogens with zero attached hydrogens (tertiary/aromatic N) is 4. The van der Waals surface area contributed by atoms with Gasteiger partial charge < -0.3 is 14.0 Å². The SMILES string of the molecule is CCCC1=C(C(=O)OCC)[C@H](c2cccc(OC)c2)n2c(s/c(=C\c3cn(Cc4ccc(C#N)cc4)c4ccccc34)c2=O)=N1. The van der Waals surface area contributed by atoms with Crippen LogP contribution >= 0.6 is 11.3 Å². The van der Waals surface area contributed by atoms with Crippen LogP contribution in [0.3, 0.4) is 0 Å². The van der Waals surface area contributed by atoms with Crippen molar-refractivity contribution in [3.05, 3.63) is 132 Å². The summed E-state index contributed by atoms with van der Waals surface area (Å²) in [5.41, 5.74) is 5.15. The Hall–Kier alpha value is -5.20. The fourth-order valence-corrected chi connectivity index (χ4v) is 6.80. The summed E-state index contributed by atoms with van der Waals surface area (Å²) in [6.45, 7) is 4.63. The standard InChI is InChI=1S/C36H32N4O4S/c1-4-9-29-32(35(42)44-5-2)33(25-10-8-11-27(18-25)43-3)40-34(41)31(45-36(40)38-29)19-26-22-39(30-13-7-6-12-28(26)30)21-24-16-14-23(20-37)15-17-24/h6-8,10-19,22,33H,4-5,9,21H2,1-3H3/b31-19-/t33-/m0/s1. The van der Waals surface area contributed by atoms with Crippen LogP contribution in [0.5, 0.6) is 5.75 Å². The number of fused-ring (bicyclic) bond motifs is 2. The molecule has 0 spiro atoms. The number of rotatable bonds is 9. The van der Waals surface area contributed by atoms with Crippen molar-refractivity contribution in [2.75, 3.05) is 13.7 Å². The molecule has 0 unspecified atom stereocenters. The van der Waals surface area contributed by atoms with Crippen molar-refractivity contribution in [2.45, 2.75) is 39.3 Å². The van der Waals surface area contributed by atoms with Crippen LogP contribution in [0.25, 0.3) is 17.0 Å². The van der Waals surface area contributed by atoms with Gasteiger partial charge in [0.05, 0.1) is 47.2 Å². The molecule has 0 saturated heterocycles. The molecule has 5 aromatic rings. The minimum absolute atomic E-state index is 0.212. The van der Waals surface area contributed by atoms with Gasteiger partial charge in [0.2, 0.25) is 0 Å². The third-order valence-corrected chi connectivity index (χ3v) is 8.83. The van der Waals surface area contributed by atoms with Crippen LogP contribution in [0.1, 0.15) is 55.0 Å². The number of methoxy groups -OCH3 is 1. The third-order valence-electron chi connectivity index (χ3n) is 7.84. The molecule has 3 aromatic carbocycles. The second-order valence-electron chi connectivity index (χ2n) is 10.7. The average Bonchev–Trinajstić information content (AvgIpc) is 3.57. The first-order valence-corrected chi connectivity index (χ1v) is 15.7. The number of allylic oxidation sites excluding steroid dienone is 1. The van der Waals surface area contributed by atoms with E-state index in [2.05, 4.69) is 16.7 Å². The van der Waals surface area contributed by atoms with Crippen molar-refractivity contribution in [3.8, 4) is 11.8 Å². The second kappa shape index (κ2) is 12.8. The van der Waals surface area contributed by atoms with E-state index in [1.54, 1.807) is 18.6 Å². The van der Waals surface area contributed by atoms with Crippen LogP contribution in [0, 0.1) is 11.3 Å². The van der Waals surface area contributed by atoms with Crippen LogP contribution in [0.4, 0.5) is 0 Å². The van der Waals surface area contributed by atoms with Gasteiger partial charge in [-0.15, -0.1) is 0 Å². The molecule has 226 valence electrons. The molecule has 1 atom stereocenters. The van der Waals surface area contributed by atoms with E-state index < -0.39 is 12.0 Å². The van der Waals surface area contributed by atoms with Crippen molar-refractivity contribution >= 4 is 34.3 Å². The van der Waals surface area contributed by atoms with Crippen LogP contribution in [0.2, 0.25) is 0 Å². The van der Waals surface area contributed by atoms with Gasteiger partial charge in [-0.3, -0.25) is 9.36 Å². The van der Waals surface area contributed by atoms with Crippen molar-refractivity contribution in [1.82, 2.24) is 9.13 Å². The molecule has 6 rings (SSSR count). The second-order valence-corrected chi connectivity index (χ2v) is 11.7. The number of aromatic nitrogens is 2. The first-order valence-electron chi connectivity index (χ1n) is 14.9. The maximum absolute atomic E-state index is 14.3. The van der Waals surface area contributed by atoms with Crippen LogP contribution in [-0.2, 0) is 16.1 Å². The number of esters is 1. The Morgan fingerprint density at radius 3 is 2.62 bits per heavy atom. The number of hydrogen-bond donors (Lipinski definition) is 0. The molecule has 1 aliphatic rings. The van der Waals surface area contributed by atoms with Gasteiger partial charge in [0.15, 0.2) is 4.80 Å². The maximum Gasteiger partial charge on any atom is 0.338 e. The zero-order valence-corrected chi connectivity index (χ0v) is 26.1. The van der Waals surface area contributed by atoms with Crippen molar-refractivity contribution in [3.63, 3.8) is 0 Å². The molecule has 45 heavy (non-hydrogen) atoms. The van der Waals surface area contributed by atoms with Crippen LogP contribution in [0.15, 0.2) is 100 Å². The number of nitriles is 1. The number of para-hydroxylation sites is 1. The number of ether oxygens (including phenoxy) is 2. The van der Waals surface area contributed by atoms with Gasteiger partial charge in [-0.05, 0) is 60.9 Å². The Morgan fingerprint density at radius 1 is 1.09 bits per heavy atom. The van der Waals surface area contributed by atoms with Crippen LogP contribution in [-0.4, -0.2) is 28.8 Å². The van der Waals surface area contributed by atoms with Crippen LogP contribution < -0.4 is 19.6 Å². The number of carbonyl (C=O) groups is 1. The van der Waals surface area contributed by atoms with Crippen molar-refractivity contribution < 1.29 is 14.3 Å². The first kappa shape index (κ1) is 29.9. The maximum atomic E-state index is 14.3. The lowest BCUT2D eigenvalue weighted by molar-refractivity contribution is -0.139. The summed E-state index contributed by atoms with van der Waals surface area (Å²) in [4.78, 5) is 33.2. The van der Waals surface area contributed by atoms with Gasteiger partial charge in [-0.1, -0.05) is 67.1 Å². The van der Waals surface area contributed by atoms with E-state index in [0.29, 0.717) is 44.9 Å². The molecule has 3 heterocycles. The fourth-order valence-electron chi connectivity index (χ4n) is 5.79. The zero-order chi connectivity index (χ0) is 31.5. The average molecular weight is 617 g/mol. The molecule has 0 radical (unpaired) electrons. The molecule has 0 fully saturated rings. The number of hydrogen-bond acceptors (Lipinski definition) is 7. The highest BCUT2D eigenvalue weighted by Gasteiger charge is 2.34. The Kier molecular flexibility index (Phi) is 8.49. The molecule has 0 N–H and O–H groups in total. The smallest absolute Gasteiger partial charge is 0.338 e. The summed E-state index contributed by atoms with van der Waals surface area (Å²) in [6.07, 6.45) is 5.31. The summed E-state index contributed by atoms with van der Waals surface area (Å²) in [5.74, 6) is 0.152. The van der Waals surface area contributed by atoms with Gasteiger partial charge in [-0.25, -0.2) is 9.79 Å². The summed E-state index contributed by atoms with van der Waals surface area (Å²) in [6, 6.07) is 24.5. The van der Waals surface area contributed by atoms with E-state index in [-0.39, 0.29) is 12.2 Å². The highest BCUT2D eigenvalue weighted by atomic mass is 32.1. The predicted octanol–water partition coefficient (Wildman–Crippen LogP) is 5.46. The molecule has 9 heteroatoms. The molecule has 8 nitrogen and oxygen atoms in total. The summed E-state index contributed by atoms with van der Waals surface area (Å²) < 4.78 is 15.3. The number of carbonyl (C=O) groups excluding carboxylic acids is 1. The predicted molar refractivity (Wildman–Crippen MR) is 175 cm³/mol. The number of benzene rings is 3. The highest BCUT2D eigenvalue weighted by molar-refractivity contribution is 7.07. The Morgan fingerprint density at radius 2 is 1.89 bits per heavy atom. The summed E-state index contributed by atoms with van der Waals surface area (Å²) in [5, 5.41) is 10.2. The first-order chi connectivity index (χ1) is 21.9. The molecule has 0 saturated carbocycles. The van der Waals surface area contributed by atoms with Gasteiger partial charge in [0.25, 0.3) is 5.56 Å².